The Kier molecular flexibility index (Phi) is 3.23. The van der Waals surface area contributed by atoms with Crippen molar-refractivity contribution in [2.75, 3.05) is 6.54 Å². The standard InChI is InChI=1S/C13H17N/c1-2-7-11-14(10-6-1)12-13-8-4-3-5-9-13/h3-6,8-10H,1-2,7,11-12H2. The van der Waals surface area contributed by atoms with Gasteiger partial charge in [-0.05, 0) is 31.0 Å². The van der Waals surface area contributed by atoms with Gasteiger partial charge in [0.05, 0.1) is 0 Å². The number of rotatable bonds is 2. The molecular formula is C13H17N. The zero-order valence-corrected chi connectivity index (χ0v) is 8.52. The predicted octanol–water partition coefficient (Wildman–Crippen LogP) is 3.19. The van der Waals surface area contributed by atoms with Gasteiger partial charge in [-0.1, -0.05) is 36.4 Å². The Morgan fingerprint density at radius 1 is 1.07 bits per heavy atom. The van der Waals surface area contributed by atoms with Crippen molar-refractivity contribution in [3.05, 3.63) is 48.2 Å². The molecule has 0 aliphatic carbocycles. The average molecular weight is 187 g/mol. The molecule has 1 aliphatic rings. The highest BCUT2D eigenvalue weighted by atomic mass is 15.1. The molecule has 0 radical (unpaired) electrons. The quantitative estimate of drug-likeness (QED) is 0.687. The SMILES string of the molecule is C1=CN(Cc2ccccc2)CCCC1. The largest absolute Gasteiger partial charge is 0.373 e. The number of allylic oxidation sites excluding steroid dienone is 1. The summed E-state index contributed by atoms with van der Waals surface area (Å²) in [6.45, 7) is 2.25. The summed E-state index contributed by atoms with van der Waals surface area (Å²) in [5.41, 5.74) is 1.40. The minimum atomic E-state index is 1.05. The Balaban J connectivity index is 1.96. The maximum Gasteiger partial charge on any atom is 0.0423 e. The Morgan fingerprint density at radius 2 is 1.93 bits per heavy atom. The smallest absolute Gasteiger partial charge is 0.0423 e. The van der Waals surface area contributed by atoms with Gasteiger partial charge in [-0.3, -0.25) is 0 Å². The van der Waals surface area contributed by atoms with Crippen molar-refractivity contribution in [1.29, 1.82) is 0 Å². The van der Waals surface area contributed by atoms with Crippen LogP contribution in [0, 0.1) is 0 Å². The van der Waals surface area contributed by atoms with E-state index in [1.165, 1.54) is 31.4 Å². The van der Waals surface area contributed by atoms with Crippen LogP contribution < -0.4 is 0 Å². The third-order valence-electron chi connectivity index (χ3n) is 2.61. The Morgan fingerprint density at radius 3 is 2.79 bits per heavy atom. The van der Waals surface area contributed by atoms with Crippen LogP contribution in [0.4, 0.5) is 0 Å². The summed E-state index contributed by atoms with van der Waals surface area (Å²) < 4.78 is 0. The van der Waals surface area contributed by atoms with Crippen LogP contribution in [0.1, 0.15) is 24.8 Å². The fourth-order valence-corrected chi connectivity index (χ4v) is 1.82. The molecule has 2 rings (SSSR count). The zero-order valence-electron chi connectivity index (χ0n) is 8.52. The summed E-state index contributed by atoms with van der Waals surface area (Å²) in [5, 5.41) is 0. The summed E-state index contributed by atoms with van der Waals surface area (Å²) >= 11 is 0. The lowest BCUT2D eigenvalue weighted by molar-refractivity contribution is 0.367. The summed E-state index contributed by atoms with van der Waals surface area (Å²) in [6.07, 6.45) is 8.43. The molecule has 0 spiro atoms. The first kappa shape index (κ1) is 9.32. The highest BCUT2D eigenvalue weighted by molar-refractivity contribution is 5.14. The molecule has 1 nitrogen and oxygen atoms in total. The molecule has 0 fully saturated rings. The second kappa shape index (κ2) is 4.85. The molecule has 0 amide bonds. The number of hydrogen-bond acceptors (Lipinski definition) is 1. The molecule has 0 unspecified atom stereocenters. The van der Waals surface area contributed by atoms with E-state index in [1.807, 2.05) is 0 Å². The Labute approximate surface area is 86.1 Å². The first-order valence-electron chi connectivity index (χ1n) is 5.40. The van der Waals surface area contributed by atoms with Gasteiger partial charge in [-0.15, -0.1) is 0 Å². The van der Waals surface area contributed by atoms with Crippen LogP contribution in [-0.2, 0) is 6.54 Å². The van der Waals surface area contributed by atoms with Crippen molar-refractivity contribution in [3.63, 3.8) is 0 Å². The molecule has 1 aromatic rings. The van der Waals surface area contributed by atoms with Gasteiger partial charge >= 0.3 is 0 Å². The van der Waals surface area contributed by atoms with E-state index in [-0.39, 0.29) is 0 Å². The van der Waals surface area contributed by atoms with E-state index in [1.54, 1.807) is 0 Å². The van der Waals surface area contributed by atoms with Crippen LogP contribution in [0.5, 0.6) is 0 Å². The monoisotopic (exact) mass is 187 g/mol. The molecule has 74 valence electrons. The molecular weight excluding hydrogens is 170 g/mol. The lowest BCUT2D eigenvalue weighted by atomic mass is 10.2. The molecule has 0 saturated carbocycles. The molecule has 1 heteroatoms. The lowest BCUT2D eigenvalue weighted by Gasteiger charge is -2.18. The highest BCUT2D eigenvalue weighted by Crippen LogP contribution is 2.10. The number of hydrogen-bond donors (Lipinski definition) is 0. The number of benzene rings is 1. The van der Waals surface area contributed by atoms with Crippen molar-refractivity contribution < 1.29 is 0 Å². The van der Waals surface area contributed by atoms with Gasteiger partial charge in [-0.25, -0.2) is 0 Å². The minimum Gasteiger partial charge on any atom is -0.373 e. The van der Waals surface area contributed by atoms with Crippen molar-refractivity contribution in [3.8, 4) is 0 Å². The maximum absolute atomic E-state index is 2.41. The Hall–Kier alpha value is -1.24. The fraction of sp³-hybridized carbons (Fsp3) is 0.385. The molecule has 1 heterocycles. The molecule has 0 N–H and O–H groups in total. The van der Waals surface area contributed by atoms with E-state index in [0.29, 0.717) is 0 Å². The molecule has 1 aromatic carbocycles. The number of nitrogens with zero attached hydrogens (tertiary/aromatic N) is 1. The van der Waals surface area contributed by atoms with Gasteiger partial charge in [0, 0.05) is 13.1 Å². The molecule has 0 bridgehead atoms. The van der Waals surface area contributed by atoms with Crippen molar-refractivity contribution in [1.82, 2.24) is 4.90 Å². The maximum atomic E-state index is 2.41. The van der Waals surface area contributed by atoms with E-state index in [2.05, 4.69) is 47.5 Å². The minimum absolute atomic E-state index is 1.05. The zero-order chi connectivity index (χ0) is 9.64. The summed E-state index contributed by atoms with van der Waals surface area (Å²) in [4.78, 5) is 2.41. The van der Waals surface area contributed by atoms with E-state index >= 15 is 0 Å². The van der Waals surface area contributed by atoms with Gasteiger partial charge in [0.15, 0.2) is 0 Å². The van der Waals surface area contributed by atoms with Crippen LogP contribution in [0.25, 0.3) is 0 Å². The highest BCUT2D eigenvalue weighted by Gasteiger charge is 2.02. The van der Waals surface area contributed by atoms with E-state index in [4.69, 9.17) is 0 Å². The first-order valence-corrected chi connectivity index (χ1v) is 5.40. The van der Waals surface area contributed by atoms with Gasteiger partial charge in [0.25, 0.3) is 0 Å². The van der Waals surface area contributed by atoms with Crippen LogP contribution in [0.3, 0.4) is 0 Å². The third kappa shape index (κ3) is 2.63. The van der Waals surface area contributed by atoms with Crippen molar-refractivity contribution >= 4 is 0 Å². The third-order valence-corrected chi connectivity index (χ3v) is 2.61. The van der Waals surface area contributed by atoms with Crippen LogP contribution in [0.2, 0.25) is 0 Å². The van der Waals surface area contributed by atoms with E-state index in [0.717, 1.165) is 6.54 Å². The summed E-state index contributed by atoms with van der Waals surface area (Å²) in [6, 6.07) is 10.7. The average Bonchev–Trinajstić information content (AvgIpc) is 2.48. The van der Waals surface area contributed by atoms with Crippen molar-refractivity contribution in [2.45, 2.75) is 25.8 Å². The van der Waals surface area contributed by atoms with Gasteiger partial charge in [0.1, 0.15) is 0 Å². The van der Waals surface area contributed by atoms with Crippen LogP contribution >= 0.6 is 0 Å². The fourth-order valence-electron chi connectivity index (χ4n) is 1.82. The molecule has 1 aliphatic heterocycles. The van der Waals surface area contributed by atoms with Gasteiger partial charge in [-0.2, -0.15) is 0 Å². The van der Waals surface area contributed by atoms with Gasteiger partial charge in [0.2, 0.25) is 0 Å². The van der Waals surface area contributed by atoms with Crippen LogP contribution in [-0.4, -0.2) is 11.4 Å². The van der Waals surface area contributed by atoms with Crippen LogP contribution in [0.15, 0.2) is 42.6 Å². The second-order valence-electron chi connectivity index (χ2n) is 3.84. The normalized spacial score (nSPS) is 16.7. The topological polar surface area (TPSA) is 3.24 Å². The Bertz CT molecular complexity index is 289. The molecule has 0 aromatic heterocycles. The summed E-state index contributed by atoms with van der Waals surface area (Å²) in [7, 11) is 0. The molecule has 0 atom stereocenters. The van der Waals surface area contributed by atoms with E-state index in [9.17, 15) is 0 Å². The molecule has 0 saturated heterocycles. The van der Waals surface area contributed by atoms with E-state index < -0.39 is 0 Å². The van der Waals surface area contributed by atoms with Gasteiger partial charge < -0.3 is 4.90 Å². The molecule has 14 heavy (non-hydrogen) atoms. The first-order chi connectivity index (χ1) is 6.95. The summed E-state index contributed by atoms with van der Waals surface area (Å²) in [5.74, 6) is 0. The second-order valence-corrected chi connectivity index (χ2v) is 3.84. The van der Waals surface area contributed by atoms with Crippen molar-refractivity contribution in [2.24, 2.45) is 0 Å². The lowest BCUT2D eigenvalue weighted by Crippen LogP contribution is -2.16. The predicted molar refractivity (Wildman–Crippen MR) is 59.8 cm³/mol.